The second-order valence-electron chi connectivity index (χ2n) is 17.7. The van der Waals surface area contributed by atoms with Crippen molar-refractivity contribution in [1.29, 1.82) is 10.5 Å². The molecule has 428 valence electrons. The van der Waals surface area contributed by atoms with Gasteiger partial charge < -0.3 is 18.9 Å². The molecule has 4 aromatic carbocycles. The summed E-state index contributed by atoms with van der Waals surface area (Å²) in [5, 5.41) is 26.5. The summed E-state index contributed by atoms with van der Waals surface area (Å²) in [5.74, 6) is -6.13. The normalized spacial score (nSPS) is 11.4. The van der Waals surface area contributed by atoms with Gasteiger partial charge in [0, 0.05) is 17.0 Å². The molecule has 0 bridgehead atoms. The fraction of sp³-hybridized carbons (Fsp3) is 0.204. The van der Waals surface area contributed by atoms with E-state index in [2.05, 4.69) is 20.2 Å². The third-order valence-corrected chi connectivity index (χ3v) is 12.0. The topological polar surface area (TPSA) is 241 Å². The second-order valence-corrected chi connectivity index (χ2v) is 18.5. The first kappa shape index (κ1) is 60.9. The zero-order chi connectivity index (χ0) is 60.7. The maximum absolute atomic E-state index is 14.4. The van der Waals surface area contributed by atoms with Gasteiger partial charge in [-0.05, 0) is 90.8 Å². The molecule has 0 amide bonds. The predicted octanol–water partition coefficient (Wildman–Crippen LogP) is 9.80. The number of aromatic nitrogens is 8. The molecule has 83 heavy (non-hydrogen) atoms. The zero-order valence-electron chi connectivity index (χ0n) is 43.1. The van der Waals surface area contributed by atoms with Crippen LogP contribution in [-0.2, 0) is 44.5 Å². The Balaban J connectivity index is 0.000000239. The molecule has 8 aromatic rings. The van der Waals surface area contributed by atoms with Crippen LogP contribution in [-0.4, -0.2) is 58.7 Å². The van der Waals surface area contributed by atoms with Crippen LogP contribution in [0.5, 0.6) is 34.5 Å². The Kier molecular flexibility index (Phi) is 18.3. The molecule has 0 aliphatic heterocycles. The number of ketones is 1. The molecule has 0 fully saturated rings. The molecule has 4 heterocycles. The summed E-state index contributed by atoms with van der Waals surface area (Å²) in [5.41, 5.74) is -7.91. The quantitative estimate of drug-likeness (QED) is 0.0646. The lowest BCUT2D eigenvalue weighted by atomic mass is 10.1. The van der Waals surface area contributed by atoms with Crippen molar-refractivity contribution in [2.24, 2.45) is 0 Å². The van der Waals surface area contributed by atoms with Gasteiger partial charge in [-0.1, -0.05) is 47.5 Å². The Hall–Kier alpha value is -9.73. The molecule has 0 aliphatic rings. The summed E-state index contributed by atoms with van der Waals surface area (Å²) in [6.07, 6.45) is -8.97. The summed E-state index contributed by atoms with van der Waals surface area (Å²) in [4.78, 5) is 71.1. The van der Waals surface area contributed by atoms with Crippen LogP contribution in [0.4, 0.5) is 35.1 Å². The van der Waals surface area contributed by atoms with Gasteiger partial charge in [0.15, 0.2) is 17.2 Å². The number of rotatable bonds is 16. The molecule has 19 nitrogen and oxygen atoms in total. The molecule has 0 spiro atoms. The van der Waals surface area contributed by atoms with Gasteiger partial charge in [-0.2, -0.15) is 47.1 Å². The van der Waals surface area contributed by atoms with Gasteiger partial charge in [0.2, 0.25) is 11.5 Å². The monoisotopic (exact) mass is 1190 g/mol. The molecule has 4 aromatic heterocycles. The average molecular weight is 1190 g/mol. The molecule has 29 heteroatoms. The van der Waals surface area contributed by atoms with E-state index in [1.165, 1.54) is 33.3 Å². The fourth-order valence-electron chi connectivity index (χ4n) is 7.65. The lowest BCUT2D eigenvalue weighted by Gasteiger charge is -2.17. The minimum absolute atomic E-state index is 0.00287. The molecule has 0 saturated carbocycles. The number of ether oxygens (including phenoxy) is 4. The zero-order valence-corrected chi connectivity index (χ0v) is 44.7. The van der Waals surface area contributed by atoms with Gasteiger partial charge in [0.05, 0.1) is 98.8 Å². The van der Waals surface area contributed by atoms with Crippen LogP contribution in [0.3, 0.4) is 0 Å². The van der Waals surface area contributed by atoms with E-state index in [-0.39, 0.29) is 62.7 Å². The van der Waals surface area contributed by atoms with E-state index in [1.54, 1.807) is 60.7 Å². The Morgan fingerprint density at radius 1 is 0.554 bits per heavy atom. The molecule has 8 rings (SSSR count). The van der Waals surface area contributed by atoms with E-state index >= 15 is 0 Å². The summed E-state index contributed by atoms with van der Waals surface area (Å²) >= 11 is 11.8. The van der Waals surface area contributed by atoms with Crippen molar-refractivity contribution < 1.29 is 58.9 Å². The molecular weight excluding hydrogens is 1160 g/mol. The number of hydrogen-bond donors (Lipinski definition) is 0. The van der Waals surface area contributed by atoms with Crippen LogP contribution in [0, 0.1) is 22.7 Å². The minimum atomic E-state index is -5.12. The van der Waals surface area contributed by atoms with Crippen LogP contribution in [0.15, 0.2) is 129 Å². The van der Waals surface area contributed by atoms with Gasteiger partial charge in [0.25, 0.3) is 28.2 Å². The van der Waals surface area contributed by atoms with Crippen LogP contribution < -0.4 is 41.2 Å². The van der Waals surface area contributed by atoms with E-state index in [4.69, 9.17) is 52.7 Å². The van der Waals surface area contributed by atoms with E-state index in [0.717, 1.165) is 50.3 Å². The SMILES string of the molecule is COc1ccc(Cn2nc(Cn3cnc(C(F)(F)F)c(Oc4cc(Cl)cc(C#N)c4)c3=O)cc(C(C)(F)F)c2=O)cc1.COc1ccc(Cn2nc(Cn3cnc(C(F)(F)F)c(Oc4cc(Cl)cc(C#N)c4)c3=O)cc(C(C)=O)c2=O)cc1. The van der Waals surface area contributed by atoms with Crippen molar-refractivity contribution in [2.75, 3.05) is 14.2 Å². The number of carbonyl (C=O) groups excluding carboxylic acids is 1. The average Bonchev–Trinajstić information content (AvgIpc) is 3.52. The first-order valence-corrected chi connectivity index (χ1v) is 24.3. The maximum Gasteiger partial charge on any atom is 0.437 e. The second kappa shape index (κ2) is 25.0. The first-order valence-electron chi connectivity index (χ1n) is 23.6. The van der Waals surface area contributed by atoms with Gasteiger partial charge in [-0.15, -0.1) is 0 Å². The number of nitriles is 2. The van der Waals surface area contributed by atoms with Gasteiger partial charge in [-0.3, -0.25) is 33.1 Å². The molecular formula is C54H38Cl2F8N10O9. The Morgan fingerprint density at radius 3 is 1.31 bits per heavy atom. The van der Waals surface area contributed by atoms with Crippen LogP contribution in [0.1, 0.15) is 74.8 Å². The van der Waals surface area contributed by atoms with Crippen molar-refractivity contribution >= 4 is 29.0 Å². The van der Waals surface area contributed by atoms with E-state index in [9.17, 15) is 59.1 Å². The predicted molar refractivity (Wildman–Crippen MR) is 278 cm³/mol. The smallest absolute Gasteiger partial charge is 0.437 e. The Morgan fingerprint density at radius 2 is 0.952 bits per heavy atom. The third-order valence-electron chi connectivity index (χ3n) is 11.5. The number of carbonyl (C=O) groups is 1. The van der Waals surface area contributed by atoms with Crippen molar-refractivity contribution in [3.05, 3.63) is 217 Å². The standard InChI is InChI=1S/C27H19ClF5N5O4.C27H19ClF3N5O5/c1-26(29,30)21-10-18(36-38(24(21)39)12-15-3-5-19(41-2)6-4-15)13-37-14-35-23(27(31,32)33)22(25(37)40)42-20-8-16(11-34)7-17(28)9-20;1-15(37)22-10-19(34-36(25(22)38)12-16-3-5-20(40-2)6-4-16)13-35-14-33-24(27(29,30)31)23(26(35)39)41-21-8-17(11-32)7-18(28)9-21/h3-10,14H,12-13H2,1-2H3;3-10,14H,12-13H2,1-2H3. The summed E-state index contributed by atoms with van der Waals surface area (Å²) in [6.45, 7) is 0.305. The first-order chi connectivity index (χ1) is 39.1. The molecule has 0 aliphatic carbocycles. The molecule has 0 N–H and O–H groups in total. The highest BCUT2D eigenvalue weighted by Gasteiger charge is 2.40. The largest absolute Gasteiger partial charge is 0.497 e. The lowest BCUT2D eigenvalue weighted by Crippen LogP contribution is -2.33. The van der Waals surface area contributed by atoms with Gasteiger partial charge in [0.1, 0.15) is 23.0 Å². The Labute approximate surface area is 471 Å². The number of nitrogens with zero attached hydrogens (tertiary/aromatic N) is 10. The molecule has 0 unspecified atom stereocenters. The van der Waals surface area contributed by atoms with Crippen molar-refractivity contribution in [1.82, 2.24) is 38.7 Å². The molecule has 0 saturated heterocycles. The van der Waals surface area contributed by atoms with Crippen LogP contribution in [0.2, 0.25) is 10.0 Å². The van der Waals surface area contributed by atoms with Crippen LogP contribution >= 0.6 is 23.2 Å². The van der Waals surface area contributed by atoms with Crippen LogP contribution in [0.25, 0.3) is 0 Å². The summed E-state index contributed by atoms with van der Waals surface area (Å²) < 4.78 is 135. The number of Topliss-reactive ketones (excluding diaryl/α,β-unsaturated/α-hetero) is 1. The lowest BCUT2D eigenvalue weighted by molar-refractivity contribution is -0.143. The molecule has 0 radical (unpaired) electrons. The summed E-state index contributed by atoms with van der Waals surface area (Å²) in [6, 6.07) is 25.5. The highest BCUT2D eigenvalue weighted by atomic mass is 35.5. The van der Waals surface area contributed by atoms with E-state index < -0.39 is 87.8 Å². The minimum Gasteiger partial charge on any atom is -0.497 e. The Bertz CT molecular complexity index is 4110. The maximum atomic E-state index is 14.4. The van der Waals surface area contributed by atoms with Crippen molar-refractivity contribution in [2.45, 2.75) is 58.3 Å². The van der Waals surface area contributed by atoms with Crippen molar-refractivity contribution in [3.8, 4) is 46.6 Å². The van der Waals surface area contributed by atoms with E-state index in [1.807, 2.05) is 0 Å². The number of hydrogen-bond acceptors (Lipinski definition) is 15. The highest BCUT2D eigenvalue weighted by Crippen LogP contribution is 2.37. The third kappa shape index (κ3) is 15.0. The number of methoxy groups -OCH3 is 2. The molecule has 0 atom stereocenters. The summed E-state index contributed by atoms with van der Waals surface area (Å²) in [7, 11) is 2.95. The number of benzene rings is 4. The van der Waals surface area contributed by atoms with Crippen molar-refractivity contribution in [3.63, 3.8) is 0 Å². The fourth-order valence-corrected chi connectivity index (χ4v) is 8.10. The van der Waals surface area contributed by atoms with Gasteiger partial charge >= 0.3 is 12.4 Å². The number of alkyl halides is 8. The highest BCUT2D eigenvalue weighted by molar-refractivity contribution is 6.31. The van der Waals surface area contributed by atoms with E-state index in [0.29, 0.717) is 46.8 Å². The number of halogens is 10. The van der Waals surface area contributed by atoms with Gasteiger partial charge in [-0.25, -0.2) is 28.1 Å².